The van der Waals surface area contributed by atoms with Crippen molar-refractivity contribution in [2.24, 2.45) is 0 Å². The summed E-state index contributed by atoms with van der Waals surface area (Å²) in [4.78, 5) is 0. The molecule has 0 N–H and O–H groups in total. The van der Waals surface area contributed by atoms with Crippen LogP contribution in [0, 0.1) is 0 Å². The fourth-order valence-corrected chi connectivity index (χ4v) is 8.28. The molecule has 1 aromatic heterocycles. The van der Waals surface area contributed by atoms with E-state index >= 15 is 0 Å². The monoisotopic (exact) mass is 400 g/mol. The average molecular weight is 400 g/mol. The van der Waals surface area contributed by atoms with Gasteiger partial charge in [-0.05, 0) is 43.3 Å². The van der Waals surface area contributed by atoms with Gasteiger partial charge in [0.15, 0.2) is 0 Å². The predicted molar refractivity (Wildman–Crippen MR) is 116 cm³/mol. The molecule has 3 rings (SSSR count). The van der Waals surface area contributed by atoms with Gasteiger partial charge in [-0.25, -0.2) is 0 Å². The molecule has 0 radical (unpaired) electrons. The lowest BCUT2D eigenvalue weighted by atomic mass is 10.2. The van der Waals surface area contributed by atoms with Crippen molar-refractivity contribution in [3.63, 3.8) is 0 Å². The van der Waals surface area contributed by atoms with Crippen LogP contribution in [0.25, 0.3) is 21.7 Å². The Labute approximate surface area is 162 Å². The first-order valence-corrected chi connectivity index (χ1v) is 12.6. The lowest BCUT2D eigenvalue weighted by Crippen LogP contribution is -2.00. The minimum Gasteiger partial charge on any atom is -0.309 e. The van der Waals surface area contributed by atoms with E-state index in [4.69, 9.17) is 9.05 Å². The van der Waals surface area contributed by atoms with E-state index in [0.29, 0.717) is 19.4 Å². The molecule has 0 bridgehead atoms. The highest BCUT2D eigenvalue weighted by Gasteiger charge is 2.25. The van der Waals surface area contributed by atoms with Crippen LogP contribution in [0.3, 0.4) is 0 Å². The molecule has 0 atom stereocenters. The van der Waals surface area contributed by atoms with E-state index in [1.54, 1.807) is 0 Å². The predicted octanol–water partition coefficient (Wildman–Crippen LogP) is 7.27. The standard InChI is InChI=1S/C22H26O3P2/c1-3-24-27(23,25-4-2)18-17-26-21(19-11-7-5-8-12-19)15-16-22(26)20-13-9-6-10-14-20/h5-16H,3-4,17-18H2,1-2H3. The van der Waals surface area contributed by atoms with Gasteiger partial charge in [0, 0.05) is 10.6 Å². The first kappa shape index (κ1) is 20.1. The summed E-state index contributed by atoms with van der Waals surface area (Å²) >= 11 is 0. The molecule has 1 heterocycles. The lowest BCUT2D eigenvalue weighted by Gasteiger charge is -2.18. The Balaban J connectivity index is 1.98. The zero-order chi connectivity index (χ0) is 19.1. The Morgan fingerprint density at radius 2 is 1.19 bits per heavy atom. The SMILES string of the molecule is CCOP(=O)(CCp1c(-c2ccccc2)ccc1-c1ccccc1)OCC. The van der Waals surface area contributed by atoms with E-state index in [1.807, 2.05) is 26.0 Å². The van der Waals surface area contributed by atoms with Crippen LogP contribution in [0.5, 0.6) is 0 Å². The van der Waals surface area contributed by atoms with Gasteiger partial charge in [0.25, 0.3) is 0 Å². The molecule has 0 aliphatic rings. The van der Waals surface area contributed by atoms with Crippen LogP contribution in [0.4, 0.5) is 0 Å². The second-order valence-corrected chi connectivity index (χ2v) is 10.6. The largest absolute Gasteiger partial charge is 0.331 e. The average Bonchev–Trinajstić information content (AvgIpc) is 3.12. The second-order valence-electron chi connectivity index (χ2n) is 6.16. The summed E-state index contributed by atoms with van der Waals surface area (Å²) in [6.45, 7) is 4.52. The van der Waals surface area contributed by atoms with Gasteiger partial charge in [0.2, 0.25) is 0 Å². The summed E-state index contributed by atoms with van der Waals surface area (Å²) in [5, 5.41) is 2.65. The molecule has 0 aliphatic carbocycles. The topological polar surface area (TPSA) is 35.5 Å². The van der Waals surface area contributed by atoms with E-state index in [-0.39, 0.29) is 0 Å². The maximum Gasteiger partial charge on any atom is 0.331 e. The van der Waals surface area contributed by atoms with Gasteiger partial charge in [-0.1, -0.05) is 60.7 Å². The summed E-state index contributed by atoms with van der Waals surface area (Å²) in [5.41, 5.74) is 2.46. The van der Waals surface area contributed by atoms with Crippen LogP contribution in [0.15, 0.2) is 72.8 Å². The molecule has 0 saturated carbocycles. The third-order valence-corrected chi connectivity index (χ3v) is 9.44. The van der Waals surface area contributed by atoms with Crippen molar-refractivity contribution < 1.29 is 13.6 Å². The molecule has 0 fully saturated rings. The quantitative estimate of drug-likeness (QED) is 0.354. The van der Waals surface area contributed by atoms with Gasteiger partial charge in [0.1, 0.15) is 0 Å². The summed E-state index contributed by atoms with van der Waals surface area (Å²) in [6, 6.07) is 25.3. The number of hydrogen-bond acceptors (Lipinski definition) is 3. The molecule has 142 valence electrons. The highest BCUT2D eigenvalue weighted by Crippen LogP contribution is 2.56. The molecule has 0 unspecified atom stereocenters. The van der Waals surface area contributed by atoms with E-state index in [2.05, 4.69) is 60.7 Å². The molecule has 0 spiro atoms. The molecular formula is C22H26O3P2. The Morgan fingerprint density at radius 1 is 0.741 bits per heavy atom. The Bertz CT molecular complexity index is 821. The molecular weight excluding hydrogens is 374 g/mol. The van der Waals surface area contributed by atoms with Crippen molar-refractivity contribution in [1.29, 1.82) is 0 Å². The van der Waals surface area contributed by atoms with Crippen LogP contribution in [0.2, 0.25) is 0 Å². The van der Waals surface area contributed by atoms with E-state index in [1.165, 1.54) is 21.7 Å². The van der Waals surface area contributed by atoms with Crippen LogP contribution >= 0.6 is 15.1 Å². The molecule has 2 aromatic carbocycles. The fraction of sp³-hybridized carbons (Fsp3) is 0.273. The van der Waals surface area contributed by atoms with Crippen molar-refractivity contribution in [2.75, 3.05) is 19.4 Å². The lowest BCUT2D eigenvalue weighted by molar-refractivity contribution is 0.221. The highest BCUT2D eigenvalue weighted by atomic mass is 31.2. The van der Waals surface area contributed by atoms with Crippen molar-refractivity contribution in [1.82, 2.24) is 0 Å². The fourth-order valence-electron chi connectivity index (χ4n) is 3.21. The number of benzene rings is 2. The maximum absolute atomic E-state index is 13.0. The van der Waals surface area contributed by atoms with Gasteiger partial charge >= 0.3 is 7.60 Å². The minimum absolute atomic E-state index is 0.401. The minimum atomic E-state index is -3.05. The Kier molecular flexibility index (Phi) is 7.10. The summed E-state index contributed by atoms with van der Waals surface area (Å²) in [6.07, 6.45) is 1.22. The molecule has 0 amide bonds. The summed E-state index contributed by atoms with van der Waals surface area (Å²) < 4.78 is 24.0. The van der Waals surface area contributed by atoms with Gasteiger partial charge < -0.3 is 9.05 Å². The normalized spacial score (nSPS) is 11.6. The maximum atomic E-state index is 13.0. The molecule has 0 saturated heterocycles. The second kappa shape index (κ2) is 9.53. The van der Waals surface area contributed by atoms with Crippen molar-refractivity contribution >= 4 is 15.1 Å². The van der Waals surface area contributed by atoms with E-state index in [9.17, 15) is 4.57 Å². The van der Waals surface area contributed by atoms with Crippen LogP contribution < -0.4 is 0 Å². The molecule has 27 heavy (non-hydrogen) atoms. The smallest absolute Gasteiger partial charge is 0.309 e. The van der Waals surface area contributed by atoms with Crippen molar-refractivity contribution in [3.8, 4) is 21.7 Å². The number of hydrogen-bond donors (Lipinski definition) is 0. The number of rotatable bonds is 9. The molecule has 5 heteroatoms. The molecule has 0 aliphatic heterocycles. The Hall–Kier alpha value is -1.63. The zero-order valence-corrected chi connectivity index (χ0v) is 17.7. The first-order valence-electron chi connectivity index (χ1n) is 9.35. The van der Waals surface area contributed by atoms with Crippen LogP contribution in [-0.2, 0) is 19.8 Å². The third kappa shape index (κ3) is 5.00. The van der Waals surface area contributed by atoms with E-state index < -0.39 is 15.1 Å². The van der Waals surface area contributed by atoms with Gasteiger partial charge in [0.05, 0.1) is 19.4 Å². The third-order valence-electron chi connectivity index (χ3n) is 4.37. The van der Waals surface area contributed by atoms with E-state index in [0.717, 1.165) is 6.16 Å². The van der Waals surface area contributed by atoms with Gasteiger partial charge in [-0.3, -0.25) is 4.57 Å². The zero-order valence-electron chi connectivity index (χ0n) is 15.9. The summed E-state index contributed by atoms with van der Waals surface area (Å²) in [7, 11) is -3.67. The summed E-state index contributed by atoms with van der Waals surface area (Å²) in [5.74, 6) is 0. The first-order chi connectivity index (χ1) is 13.2. The Morgan fingerprint density at radius 3 is 1.59 bits per heavy atom. The molecule has 3 nitrogen and oxygen atoms in total. The van der Waals surface area contributed by atoms with Crippen molar-refractivity contribution in [3.05, 3.63) is 72.8 Å². The van der Waals surface area contributed by atoms with Crippen LogP contribution in [-0.4, -0.2) is 19.4 Å². The van der Waals surface area contributed by atoms with Crippen molar-refractivity contribution in [2.45, 2.75) is 20.0 Å². The van der Waals surface area contributed by atoms with Gasteiger partial charge in [-0.15, -0.1) is 7.53 Å². The highest BCUT2D eigenvalue weighted by molar-refractivity contribution is 7.58. The molecule has 3 aromatic rings. The van der Waals surface area contributed by atoms with Gasteiger partial charge in [-0.2, -0.15) is 0 Å². The van der Waals surface area contributed by atoms with Crippen LogP contribution in [0.1, 0.15) is 13.8 Å².